The first kappa shape index (κ1) is 23.9. The van der Waals surface area contributed by atoms with Gasteiger partial charge in [-0.15, -0.1) is 0 Å². The van der Waals surface area contributed by atoms with Crippen LogP contribution in [0.25, 0.3) is 0 Å². The largest absolute Gasteiger partial charge is 0.871 e. The highest BCUT2D eigenvalue weighted by Crippen LogP contribution is 2.26. The molecule has 1 atom stereocenters. The lowest BCUT2D eigenvalue weighted by atomic mass is 10.0. The number of nitrogens with zero attached hydrogens (tertiary/aromatic N) is 1. The highest BCUT2D eigenvalue weighted by molar-refractivity contribution is 5.93. The molecule has 1 rings (SSSR count). The van der Waals surface area contributed by atoms with Crippen LogP contribution in [0, 0.1) is 16.0 Å². The number of anilines is 1. The molecule has 0 radical (unpaired) electrons. The maximum absolute atomic E-state index is 12.2. The smallest absolute Gasteiger partial charge is 0.271 e. The molecular formula is C22H35N2O4-. The Labute approximate surface area is 168 Å². The molecule has 28 heavy (non-hydrogen) atoms. The first-order valence-electron chi connectivity index (χ1n) is 10.7. The lowest BCUT2D eigenvalue weighted by molar-refractivity contribution is -0.385. The van der Waals surface area contributed by atoms with E-state index < -0.39 is 10.7 Å². The summed E-state index contributed by atoms with van der Waals surface area (Å²) in [5.74, 6) is -0.900. The van der Waals surface area contributed by atoms with E-state index in [4.69, 9.17) is 0 Å². The molecule has 1 aromatic rings. The number of benzene rings is 1. The Morgan fingerprint density at radius 3 is 2.07 bits per heavy atom. The summed E-state index contributed by atoms with van der Waals surface area (Å²) >= 11 is 0. The summed E-state index contributed by atoms with van der Waals surface area (Å²) in [4.78, 5) is 22.5. The third-order valence-electron chi connectivity index (χ3n) is 5.12. The van der Waals surface area contributed by atoms with Crippen molar-refractivity contribution in [1.82, 2.24) is 0 Å². The number of amides is 1. The molecule has 0 saturated heterocycles. The van der Waals surface area contributed by atoms with Crippen molar-refractivity contribution in [1.29, 1.82) is 0 Å². The van der Waals surface area contributed by atoms with E-state index in [0.717, 1.165) is 37.5 Å². The van der Waals surface area contributed by atoms with Gasteiger partial charge in [0.2, 0.25) is 5.91 Å². The van der Waals surface area contributed by atoms with Crippen molar-refractivity contribution in [3.63, 3.8) is 0 Å². The zero-order chi connectivity index (χ0) is 20.8. The average Bonchev–Trinajstić information content (AvgIpc) is 2.67. The van der Waals surface area contributed by atoms with Gasteiger partial charge in [-0.2, -0.15) is 0 Å². The molecule has 1 amide bonds. The minimum absolute atomic E-state index is 0.0232. The summed E-state index contributed by atoms with van der Waals surface area (Å²) in [5, 5.41) is 25.1. The van der Waals surface area contributed by atoms with E-state index >= 15 is 0 Å². The molecule has 1 unspecified atom stereocenters. The van der Waals surface area contributed by atoms with E-state index in [1.807, 2.05) is 6.92 Å². The van der Waals surface area contributed by atoms with E-state index in [9.17, 15) is 20.0 Å². The third-order valence-corrected chi connectivity index (χ3v) is 5.12. The van der Waals surface area contributed by atoms with Crippen LogP contribution >= 0.6 is 0 Å². The molecule has 0 heterocycles. The molecule has 0 aliphatic carbocycles. The molecule has 6 heteroatoms. The number of nitro groups is 1. The quantitative estimate of drug-likeness (QED) is 0.227. The van der Waals surface area contributed by atoms with Crippen molar-refractivity contribution in [3.8, 4) is 5.75 Å². The first-order chi connectivity index (χ1) is 13.5. The molecule has 0 spiro atoms. The van der Waals surface area contributed by atoms with E-state index in [1.165, 1.54) is 57.8 Å². The van der Waals surface area contributed by atoms with Gasteiger partial charge < -0.3 is 10.4 Å². The number of hydrogen-bond donors (Lipinski definition) is 1. The van der Waals surface area contributed by atoms with Crippen LogP contribution in [0.15, 0.2) is 18.2 Å². The van der Waals surface area contributed by atoms with Crippen LogP contribution in [0.5, 0.6) is 5.75 Å². The van der Waals surface area contributed by atoms with E-state index in [1.54, 1.807) is 0 Å². The summed E-state index contributed by atoms with van der Waals surface area (Å²) < 4.78 is 0. The maximum Gasteiger partial charge on any atom is 0.271 e. The second-order valence-corrected chi connectivity index (χ2v) is 7.65. The van der Waals surface area contributed by atoms with Crippen LogP contribution in [-0.4, -0.2) is 10.8 Å². The average molecular weight is 392 g/mol. The van der Waals surface area contributed by atoms with E-state index in [0.29, 0.717) is 0 Å². The van der Waals surface area contributed by atoms with Gasteiger partial charge in [0.1, 0.15) is 0 Å². The molecule has 1 N–H and O–H groups in total. The van der Waals surface area contributed by atoms with Crippen LogP contribution in [0.3, 0.4) is 0 Å². The molecule has 0 bridgehead atoms. The van der Waals surface area contributed by atoms with Crippen molar-refractivity contribution in [2.24, 2.45) is 5.92 Å². The van der Waals surface area contributed by atoms with Crippen molar-refractivity contribution in [2.45, 2.75) is 90.9 Å². The van der Waals surface area contributed by atoms with Crippen molar-refractivity contribution < 1.29 is 14.8 Å². The van der Waals surface area contributed by atoms with Gasteiger partial charge in [-0.25, -0.2) is 0 Å². The fraction of sp³-hybridized carbons (Fsp3) is 0.682. The molecule has 0 aliphatic heterocycles. The second-order valence-electron chi connectivity index (χ2n) is 7.65. The van der Waals surface area contributed by atoms with Crippen LogP contribution in [0.2, 0.25) is 0 Å². The summed E-state index contributed by atoms with van der Waals surface area (Å²) in [7, 11) is 0. The Morgan fingerprint density at radius 2 is 1.54 bits per heavy atom. The number of nitro benzene ring substituents is 1. The fourth-order valence-corrected chi connectivity index (χ4v) is 3.23. The van der Waals surface area contributed by atoms with Crippen molar-refractivity contribution in [2.75, 3.05) is 5.32 Å². The van der Waals surface area contributed by atoms with Crippen LogP contribution in [-0.2, 0) is 4.79 Å². The predicted octanol–water partition coefficient (Wildman–Crippen LogP) is 5.94. The van der Waals surface area contributed by atoms with Gasteiger partial charge in [0.25, 0.3) is 5.69 Å². The molecule has 158 valence electrons. The number of unbranched alkanes of at least 4 members (excludes halogenated alkanes) is 10. The number of hydrogen-bond acceptors (Lipinski definition) is 4. The summed E-state index contributed by atoms with van der Waals surface area (Å²) in [6, 6.07) is 3.38. The summed E-state index contributed by atoms with van der Waals surface area (Å²) in [5.41, 5.74) is -0.224. The monoisotopic (exact) mass is 391 g/mol. The van der Waals surface area contributed by atoms with Gasteiger partial charge >= 0.3 is 0 Å². The Balaban J connectivity index is 2.17. The molecule has 0 aliphatic rings. The Hall–Kier alpha value is -2.11. The third kappa shape index (κ3) is 9.72. The lowest BCUT2D eigenvalue weighted by Crippen LogP contribution is -2.21. The van der Waals surface area contributed by atoms with Crippen molar-refractivity contribution >= 4 is 17.3 Å². The molecule has 6 nitrogen and oxygen atoms in total. The van der Waals surface area contributed by atoms with E-state index in [2.05, 4.69) is 12.2 Å². The number of carbonyl (C=O) groups excluding carboxylic acids is 1. The number of rotatable bonds is 15. The zero-order valence-corrected chi connectivity index (χ0v) is 17.4. The van der Waals surface area contributed by atoms with Crippen LogP contribution < -0.4 is 10.4 Å². The molecule has 1 aromatic carbocycles. The number of carbonyl (C=O) groups is 1. The Morgan fingerprint density at radius 1 is 1.00 bits per heavy atom. The highest BCUT2D eigenvalue weighted by atomic mass is 16.6. The van der Waals surface area contributed by atoms with Gasteiger partial charge in [0, 0.05) is 23.7 Å². The Kier molecular flexibility index (Phi) is 11.9. The van der Waals surface area contributed by atoms with Gasteiger partial charge in [-0.05, 0) is 6.42 Å². The minimum atomic E-state index is -0.580. The zero-order valence-electron chi connectivity index (χ0n) is 17.4. The van der Waals surface area contributed by atoms with Crippen molar-refractivity contribution in [3.05, 3.63) is 28.3 Å². The summed E-state index contributed by atoms with van der Waals surface area (Å²) in [6.07, 6.45) is 14.6. The van der Waals surface area contributed by atoms with Gasteiger partial charge in [0.15, 0.2) is 0 Å². The van der Waals surface area contributed by atoms with Crippen LogP contribution in [0.1, 0.15) is 90.9 Å². The van der Waals surface area contributed by atoms with Gasteiger partial charge in [-0.1, -0.05) is 96.3 Å². The van der Waals surface area contributed by atoms with Gasteiger partial charge in [0.05, 0.1) is 4.92 Å². The topological polar surface area (TPSA) is 95.3 Å². The molecule has 0 saturated carbocycles. The fourth-order valence-electron chi connectivity index (χ4n) is 3.23. The summed E-state index contributed by atoms with van der Waals surface area (Å²) in [6.45, 7) is 4.06. The maximum atomic E-state index is 12.2. The molecular weight excluding hydrogens is 356 g/mol. The number of non-ortho nitro benzene ring substituents is 1. The van der Waals surface area contributed by atoms with Gasteiger partial charge in [-0.3, -0.25) is 14.9 Å². The normalized spacial score (nSPS) is 11.9. The Bertz CT molecular complexity index is 604. The predicted molar refractivity (Wildman–Crippen MR) is 111 cm³/mol. The molecule has 0 aromatic heterocycles. The van der Waals surface area contributed by atoms with Crippen LogP contribution in [0.4, 0.5) is 11.4 Å². The van der Waals surface area contributed by atoms with E-state index in [-0.39, 0.29) is 23.2 Å². The standard InChI is InChI=1S/C22H36N2O4/c1-3-4-5-6-7-8-9-10-11-12-13-14-18(2)22(26)23-20-17-19(24(27)28)15-16-21(20)25/h15-18,25H,3-14H2,1-2H3,(H,23,26)/p-1. The number of nitrogens with one attached hydrogen (secondary N) is 1. The lowest BCUT2D eigenvalue weighted by Gasteiger charge is -2.17. The molecule has 0 fully saturated rings. The minimum Gasteiger partial charge on any atom is -0.871 e. The SMILES string of the molecule is CCCCCCCCCCCCCC(C)C(=O)Nc1cc([N+](=O)[O-])ccc1[O-]. The second kappa shape index (κ2) is 14.0. The highest BCUT2D eigenvalue weighted by Gasteiger charge is 2.15. The first-order valence-corrected chi connectivity index (χ1v) is 10.7.